The Morgan fingerprint density at radius 1 is 1.20 bits per heavy atom. The minimum atomic E-state index is -0.232. The number of carbonyl (C=O) groups is 1. The first kappa shape index (κ1) is 17.9. The van der Waals surface area contributed by atoms with E-state index in [9.17, 15) is 4.79 Å². The van der Waals surface area contributed by atoms with E-state index in [2.05, 4.69) is 64.5 Å². The molecule has 1 aromatic heterocycles. The van der Waals surface area contributed by atoms with E-state index in [4.69, 9.17) is 0 Å². The lowest BCUT2D eigenvalue weighted by molar-refractivity contribution is -0.112. The monoisotopic (exact) mass is 444 g/mol. The van der Waals surface area contributed by atoms with Crippen molar-refractivity contribution in [2.75, 3.05) is 4.90 Å². The number of pyridine rings is 1. The van der Waals surface area contributed by atoms with Gasteiger partial charge >= 0.3 is 5.91 Å². The summed E-state index contributed by atoms with van der Waals surface area (Å²) < 4.78 is 1.23. The van der Waals surface area contributed by atoms with Crippen molar-refractivity contribution in [2.45, 2.75) is 46.5 Å². The molecule has 128 valence electrons. The molecule has 0 N–H and O–H groups in total. The van der Waals surface area contributed by atoms with Crippen molar-refractivity contribution in [1.82, 2.24) is 4.98 Å². The van der Waals surface area contributed by atoms with Crippen LogP contribution in [0, 0.1) is 36.2 Å². The van der Waals surface area contributed by atoms with Crippen molar-refractivity contribution in [1.29, 1.82) is 0 Å². The number of carbonyl (C=O) groups excluding carboxylic acids is 1. The average Bonchev–Trinajstić information content (AvgIpc) is 3.38. The summed E-state index contributed by atoms with van der Waals surface area (Å²) in [6.45, 7) is 7.76. The largest absolute Gasteiger partial charge is 0.308 e. The first-order valence-electron chi connectivity index (χ1n) is 8.42. The van der Waals surface area contributed by atoms with Crippen LogP contribution in [0.25, 0.3) is 0 Å². The molecule has 1 amide bonds. The third kappa shape index (κ3) is 3.72. The van der Waals surface area contributed by atoms with E-state index in [1.54, 1.807) is 18.0 Å². The summed E-state index contributed by atoms with van der Waals surface area (Å²) in [6.07, 6.45) is 4.15. The van der Waals surface area contributed by atoms with Gasteiger partial charge in [0.15, 0.2) is 0 Å². The molecule has 2 aromatic rings. The van der Waals surface area contributed by atoms with Crippen LogP contribution < -0.4 is 4.90 Å². The Morgan fingerprint density at radius 2 is 1.92 bits per heavy atom. The van der Waals surface area contributed by atoms with Gasteiger partial charge < -0.3 is 0 Å². The lowest BCUT2D eigenvalue weighted by Crippen LogP contribution is -2.27. The quantitative estimate of drug-likeness (QED) is 0.483. The van der Waals surface area contributed by atoms with Crippen molar-refractivity contribution in [2.24, 2.45) is 0 Å². The van der Waals surface area contributed by atoms with E-state index in [0.29, 0.717) is 11.7 Å². The smallest absolute Gasteiger partial charge is 0.258 e. The summed E-state index contributed by atoms with van der Waals surface area (Å²) in [5, 5.41) is 0. The number of rotatable bonds is 3. The molecule has 0 atom stereocenters. The van der Waals surface area contributed by atoms with Crippen LogP contribution in [0.2, 0.25) is 0 Å². The van der Waals surface area contributed by atoms with Crippen molar-refractivity contribution in [3.63, 3.8) is 0 Å². The van der Waals surface area contributed by atoms with Gasteiger partial charge in [0.05, 0.1) is 5.69 Å². The second kappa shape index (κ2) is 7.17. The predicted molar refractivity (Wildman–Crippen MR) is 110 cm³/mol. The Kier molecular flexibility index (Phi) is 5.14. The third-order valence-corrected chi connectivity index (χ3v) is 5.56. The maximum absolute atomic E-state index is 12.9. The van der Waals surface area contributed by atoms with Crippen molar-refractivity contribution < 1.29 is 4.79 Å². The van der Waals surface area contributed by atoms with Crippen LogP contribution in [0.4, 0.5) is 11.5 Å². The topological polar surface area (TPSA) is 33.2 Å². The van der Waals surface area contributed by atoms with E-state index in [1.165, 1.54) is 22.0 Å². The number of anilines is 2. The predicted octanol–water partition coefficient (Wildman–Crippen LogP) is 5.18. The molecule has 0 radical (unpaired) electrons. The third-order valence-electron chi connectivity index (χ3n) is 4.40. The molecule has 4 heteroatoms. The van der Waals surface area contributed by atoms with Crippen LogP contribution in [0.3, 0.4) is 0 Å². The number of nitrogens with zero attached hydrogens (tertiary/aromatic N) is 2. The molecule has 25 heavy (non-hydrogen) atoms. The molecule has 1 fully saturated rings. The van der Waals surface area contributed by atoms with Crippen LogP contribution >= 0.6 is 22.6 Å². The first-order chi connectivity index (χ1) is 11.9. The van der Waals surface area contributed by atoms with Gasteiger partial charge in [-0.05, 0) is 109 Å². The van der Waals surface area contributed by atoms with Gasteiger partial charge in [0.2, 0.25) is 0 Å². The molecular weight excluding hydrogens is 423 g/mol. The molecule has 1 aromatic carbocycles. The molecule has 3 rings (SSSR count). The lowest BCUT2D eigenvalue weighted by Gasteiger charge is -2.25. The standard InChI is InChI=1S/C21H21IN2O/c1-5-6-20(25)24(21-15(4)9-13(2)12-23-21)19-10-14(3)18(22)11-17(19)16-7-8-16/h9-12,16H,7-8H2,1-4H3. The summed E-state index contributed by atoms with van der Waals surface area (Å²) in [6, 6.07) is 6.37. The number of aryl methyl sites for hydroxylation is 3. The fourth-order valence-corrected chi connectivity index (χ4v) is 3.51. The highest BCUT2D eigenvalue weighted by Gasteiger charge is 2.31. The summed E-state index contributed by atoms with van der Waals surface area (Å²) >= 11 is 2.36. The molecule has 0 aliphatic heterocycles. The zero-order valence-corrected chi connectivity index (χ0v) is 17.1. The Labute approximate surface area is 163 Å². The second-order valence-electron chi connectivity index (χ2n) is 6.60. The molecule has 0 unspecified atom stereocenters. The van der Waals surface area contributed by atoms with E-state index >= 15 is 0 Å². The average molecular weight is 444 g/mol. The number of hydrogen-bond donors (Lipinski definition) is 0. The SMILES string of the molecule is CC#CC(=O)N(c1cc(C)c(I)cc1C1CC1)c1ncc(C)cc1C. The minimum absolute atomic E-state index is 0.232. The second-order valence-corrected chi connectivity index (χ2v) is 7.77. The molecule has 0 bridgehead atoms. The Balaban J connectivity index is 2.23. The Hall–Kier alpha value is -1.87. The van der Waals surface area contributed by atoms with E-state index in [0.717, 1.165) is 22.4 Å². The zero-order chi connectivity index (χ0) is 18.1. The number of hydrogen-bond acceptors (Lipinski definition) is 2. The number of aromatic nitrogens is 1. The fourth-order valence-electron chi connectivity index (χ4n) is 3.02. The zero-order valence-electron chi connectivity index (χ0n) is 15.0. The molecule has 1 saturated carbocycles. The molecule has 0 spiro atoms. The Bertz CT molecular complexity index is 904. The van der Waals surface area contributed by atoms with Gasteiger partial charge in [-0.3, -0.25) is 9.69 Å². The van der Waals surface area contributed by atoms with Crippen LogP contribution in [0.5, 0.6) is 0 Å². The van der Waals surface area contributed by atoms with Crippen LogP contribution in [0.1, 0.15) is 47.9 Å². The highest BCUT2D eigenvalue weighted by molar-refractivity contribution is 14.1. The lowest BCUT2D eigenvalue weighted by atomic mass is 10.0. The maximum Gasteiger partial charge on any atom is 0.308 e. The fraction of sp³-hybridized carbons (Fsp3) is 0.333. The van der Waals surface area contributed by atoms with E-state index in [1.807, 2.05) is 13.8 Å². The van der Waals surface area contributed by atoms with Crippen LogP contribution in [-0.2, 0) is 4.79 Å². The molecule has 1 aliphatic carbocycles. The Morgan fingerprint density at radius 3 is 2.52 bits per heavy atom. The van der Waals surface area contributed by atoms with Gasteiger partial charge in [-0.15, -0.1) is 0 Å². The molecule has 1 aliphatic rings. The maximum atomic E-state index is 12.9. The van der Waals surface area contributed by atoms with Crippen molar-refractivity contribution in [3.05, 3.63) is 50.2 Å². The van der Waals surface area contributed by atoms with Gasteiger partial charge in [-0.25, -0.2) is 4.98 Å². The molecule has 1 heterocycles. The number of halogens is 1. The van der Waals surface area contributed by atoms with Gasteiger partial charge in [0, 0.05) is 9.77 Å². The minimum Gasteiger partial charge on any atom is -0.258 e. The number of benzene rings is 1. The molecule has 0 saturated heterocycles. The summed E-state index contributed by atoms with van der Waals surface area (Å²) in [4.78, 5) is 19.1. The van der Waals surface area contributed by atoms with Crippen molar-refractivity contribution in [3.8, 4) is 11.8 Å². The normalized spacial score (nSPS) is 13.2. The molecular formula is C21H21IN2O. The van der Waals surface area contributed by atoms with Crippen LogP contribution in [0.15, 0.2) is 24.4 Å². The first-order valence-corrected chi connectivity index (χ1v) is 9.50. The van der Waals surface area contributed by atoms with Gasteiger partial charge in [0.1, 0.15) is 5.82 Å². The van der Waals surface area contributed by atoms with E-state index in [-0.39, 0.29) is 5.91 Å². The summed E-state index contributed by atoms with van der Waals surface area (Å²) in [5.74, 6) is 6.40. The van der Waals surface area contributed by atoms with Crippen LogP contribution in [-0.4, -0.2) is 10.9 Å². The van der Waals surface area contributed by atoms with Gasteiger partial charge in [-0.2, -0.15) is 0 Å². The van der Waals surface area contributed by atoms with Crippen molar-refractivity contribution >= 4 is 40.0 Å². The van der Waals surface area contributed by atoms with Gasteiger partial charge in [-0.1, -0.05) is 12.0 Å². The highest BCUT2D eigenvalue weighted by Crippen LogP contribution is 2.46. The van der Waals surface area contributed by atoms with Gasteiger partial charge in [0.25, 0.3) is 0 Å². The van der Waals surface area contributed by atoms with E-state index < -0.39 is 0 Å². The summed E-state index contributed by atoms with van der Waals surface area (Å²) in [7, 11) is 0. The highest BCUT2D eigenvalue weighted by atomic mass is 127. The number of amides is 1. The summed E-state index contributed by atoms with van der Waals surface area (Å²) in [5.41, 5.74) is 5.36. The molecule has 3 nitrogen and oxygen atoms in total.